The second-order valence-corrected chi connectivity index (χ2v) is 1.08. The summed E-state index contributed by atoms with van der Waals surface area (Å²) in [5, 5.41) is 0. The van der Waals surface area contributed by atoms with Gasteiger partial charge in [0.1, 0.15) is 0 Å². The molecule has 0 heterocycles. The molecule has 0 spiro atoms. The summed E-state index contributed by atoms with van der Waals surface area (Å²) in [5.41, 5.74) is 0. The average molecular weight is 245 g/mol. The zero-order valence-corrected chi connectivity index (χ0v) is 6.77. The molecule has 8 heavy (non-hydrogen) atoms. The van der Waals surface area contributed by atoms with Crippen LogP contribution >= 0.6 is 0 Å². The number of hydrogen-bond acceptors (Lipinski definition) is 0. The Hall–Kier alpha value is 0.764. The van der Waals surface area contributed by atoms with E-state index in [4.69, 9.17) is 0 Å². The van der Waals surface area contributed by atoms with Gasteiger partial charge in [-0.3, -0.25) is 0 Å². The Balaban J connectivity index is 0. The minimum absolute atomic E-state index is 0. The average Bonchev–Trinajstić information content (AvgIpc) is 1.72. The maximum Gasteiger partial charge on any atom is 2.00 e. The molecule has 1 radical (unpaired) electrons. The van der Waals surface area contributed by atoms with Gasteiger partial charge in [-0.25, -0.2) is 0 Å². The first-order chi connectivity index (χ1) is 3.00. The van der Waals surface area contributed by atoms with Gasteiger partial charge in [0.2, 0.25) is 0 Å². The molecule has 0 amide bonds. The van der Waals surface area contributed by atoms with Crippen LogP contribution in [0.15, 0.2) is 30.3 Å². The summed E-state index contributed by atoms with van der Waals surface area (Å²) in [4.78, 5) is 0. The maximum absolute atomic E-state index is 2.89. The van der Waals surface area contributed by atoms with Crippen molar-refractivity contribution < 1.29 is 49.4 Å². The van der Waals surface area contributed by atoms with Gasteiger partial charge >= 0.3 is 49.4 Å². The fraction of sp³-hybridized carbons (Fsp3) is 0. The molecular weight excluding hydrogens is 238 g/mol. The van der Waals surface area contributed by atoms with E-state index in [0.29, 0.717) is 0 Å². The molecule has 2 heteroatoms. The normalized spacial score (nSPS) is 6.00. The third kappa shape index (κ3) is 4.91. The van der Waals surface area contributed by atoms with Crippen molar-refractivity contribution in [3.05, 3.63) is 42.5 Å². The number of nitrogens with two attached hydrogens (primary N) is 1. The summed E-state index contributed by atoms with van der Waals surface area (Å²) < 4.78 is 0. The van der Waals surface area contributed by atoms with Crippen molar-refractivity contribution >= 4 is 0 Å². The fourth-order valence-corrected chi connectivity index (χ4v) is 0.342. The molecule has 0 fully saturated rings. The van der Waals surface area contributed by atoms with Crippen molar-refractivity contribution in [3.63, 3.8) is 0 Å². The zero-order valence-electron chi connectivity index (χ0n) is 4.34. The van der Waals surface area contributed by atoms with E-state index >= 15 is 0 Å². The SMILES string of the molecule is [Eu+2].[NH2-].[c-]1ccccc1. The van der Waals surface area contributed by atoms with Crippen molar-refractivity contribution in [2.75, 3.05) is 0 Å². The molecule has 1 aromatic carbocycles. The minimum atomic E-state index is 0. The number of hydrogen-bond donors (Lipinski definition) is 0. The van der Waals surface area contributed by atoms with E-state index in [0.717, 1.165) is 0 Å². The van der Waals surface area contributed by atoms with E-state index in [9.17, 15) is 0 Å². The first kappa shape index (κ1) is 11.5. The van der Waals surface area contributed by atoms with Crippen molar-refractivity contribution in [1.82, 2.24) is 0 Å². The molecule has 2 N–H and O–H groups in total. The first-order valence-electron chi connectivity index (χ1n) is 1.91. The van der Waals surface area contributed by atoms with Crippen LogP contribution in [0.5, 0.6) is 0 Å². The molecule has 0 aliphatic heterocycles. The van der Waals surface area contributed by atoms with Crippen LogP contribution in [-0.4, -0.2) is 0 Å². The molecular formula is C6H7EuN. The third-order valence-electron chi connectivity index (χ3n) is 0.607. The van der Waals surface area contributed by atoms with Crippen LogP contribution in [0, 0.1) is 55.4 Å². The summed E-state index contributed by atoms with van der Waals surface area (Å²) in [6, 6.07) is 12.5. The summed E-state index contributed by atoms with van der Waals surface area (Å²) in [6.07, 6.45) is 0. The fourth-order valence-electron chi connectivity index (χ4n) is 0.342. The van der Waals surface area contributed by atoms with E-state index in [-0.39, 0.29) is 55.5 Å². The molecule has 0 bridgehead atoms. The van der Waals surface area contributed by atoms with Gasteiger partial charge < -0.3 is 6.15 Å². The zero-order chi connectivity index (χ0) is 4.24. The van der Waals surface area contributed by atoms with Gasteiger partial charge in [-0.05, 0) is 0 Å². The van der Waals surface area contributed by atoms with Crippen LogP contribution < -0.4 is 0 Å². The molecule has 1 rings (SSSR count). The van der Waals surface area contributed by atoms with E-state index in [1.807, 2.05) is 30.3 Å². The van der Waals surface area contributed by atoms with Crippen molar-refractivity contribution in [3.8, 4) is 0 Å². The number of rotatable bonds is 0. The van der Waals surface area contributed by atoms with E-state index < -0.39 is 0 Å². The van der Waals surface area contributed by atoms with Crippen LogP contribution in [0.2, 0.25) is 0 Å². The Labute approximate surface area is 90.6 Å². The van der Waals surface area contributed by atoms with Gasteiger partial charge in [-0.1, -0.05) is 0 Å². The Morgan fingerprint density at radius 1 is 0.875 bits per heavy atom. The predicted molar refractivity (Wildman–Crippen MR) is 30.6 cm³/mol. The predicted octanol–water partition coefficient (Wildman–Crippen LogP) is 2.20. The van der Waals surface area contributed by atoms with Crippen molar-refractivity contribution in [1.29, 1.82) is 0 Å². The van der Waals surface area contributed by atoms with E-state index in [1.54, 1.807) is 0 Å². The second kappa shape index (κ2) is 7.76. The summed E-state index contributed by atoms with van der Waals surface area (Å²) in [5.74, 6) is 0. The molecule has 43 valence electrons. The molecule has 0 aliphatic carbocycles. The number of benzene rings is 1. The van der Waals surface area contributed by atoms with Gasteiger partial charge in [0.05, 0.1) is 0 Å². The molecule has 1 aromatic rings. The molecule has 0 atom stereocenters. The van der Waals surface area contributed by atoms with Crippen LogP contribution in [0.3, 0.4) is 0 Å². The Morgan fingerprint density at radius 2 is 1.38 bits per heavy atom. The monoisotopic (exact) mass is 246 g/mol. The van der Waals surface area contributed by atoms with Gasteiger partial charge in [0, 0.05) is 0 Å². The molecule has 1 nitrogen and oxygen atoms in total. The van der Waals surface area contributed by atoms with Crippen LogP contribution in [-0.2, 0) is 0 Å². The Morgan fingerprint density at radius 3 is 1.50 bits per heavy atom. The van der Waals surface area contributed by atoms with Gasteiger partial charge in [-0.15, -0.1) is 0 Å². The van der Waals surface area contributed by atoms with Crippen LogP contribution in [0.1, 0.15) is 0 Å². The molecule has 0 unspecified atom stereocenters. The summed E-state index contributed by atoms with van der Waals surface area (Å²) in [7, 11) is 0. The third-order valence-corrected chi connectivity index (χ3v) is 0.607. The standard InChI is InChI=1S/C6H5.Eu.H2N/c1-2-4-6-5-3-1;;/h1-5H;;1H2/q-1;+2;-1. The Kier molecular flexibility index (Phi) is 11.2. The van der Waals surface area contributed by atoms with Crippen molar-refractivity contribution in [2.45, 2.75) is 0 Å². The van der Waals surface area contributed by atoms with Gasteiger partial charge in [-0.2, -0.15) is 36.4 Å². The first-order valence-corrected chi connectivity index (χ1v) is 1.91. The van der Waals surface area contributed by atoms with E-state index in [1.165, 1.54) is 0 Å². The molecule has 0 aliphatic rings. The minimum Gasteiger partial charge on any atom is -0.693 e. The molecule has 0 aromatic heterocycles. The largest absolute Gasteiger partial charge is 2.00 e. The maximum atomic E-state index is 2.89. The van der Waals surface area contributed by atoms with Gasteiger partial charge in [0.15, 0.2) is 0 Å². The molecule has 0 saturated heterocycles. The summed E-state index contributed by atoms with van der Waals surface area (Å²) >= 11 is 0. The smallest absolute Gasteiger partial charge is 0.693 e. The van der Waals surface area contributed by atoms with Crippen LogP contribution in [0.25, 0.3) is 6.15 Å². The Bertz CT molecular complexity index is 80.5. The topological polar surface area (TPSA) is 33.5 Å². The van der Waals surface area contributed by atoms with Crippen LogP contribution in [0.4, 0.5) is 0 Å². The quantitative estimate of drug-likeness (QED) is 0.628. The van der Waals surface area contributed by atoms with E-state index in [2.05, 4.69) is 6.07 Å². The second-order valence-electron chi connectivity index (χ2n) is 1.08. The summed E-state index contributed by atoms with van der Waals surface area (Å²) in [6.45, 7) is 0. The van der Waals surface area contributed by atoms with Crippen molar-refractivity contribution in [2.24, 2.45) is 0 Å². The molecule has 0 saturated carbocycles. The van der Waals surface area contributed by atoms with Gasteiger partial charge in [0.25, 0.3) is 0 Å².